The first-order chi connectivity index (χ1) is 8.97. The molecule has 0 saturated carbocycles. The lowest BCUT2D eigenvalue weighted by Gasteiger charge is -2.22. The maximum absolute atomic E-state index is 10.9. The molecule has 1 atom stereocenters. The van der Waals surface area contributed by atoms with E-state index in [0.29, 0.717) is 12.3 Å². The fourth-order valence-corrected chi connectivity index (χ4v) is 2.69. The van der Waals surface area contributed by atoms with E-state index < -0.39 is 5.97 Å². The van der Waals surface area contributed by atoms with Gasteiger partial charge in [-0.1, -0.05) is 32.9 Å². The molecule has 0 amide bonds. The van der Waals surface area contributed by atoms with Gasteiger partial charge in [0.1, 0.15) is 0 Å². The Balaban J connectivity index is 2.15. The highest BCUT2D eigenvalue weighted by atomic mass is 16.4. The third kappa shape index (κ3) is 3.28. The van der Waals surface area contributed by atoms with Crippen molar-refractivity contribution >= 4 is 11.7 Å². The molecule has 0 aliphatic carbocycles. The Labute approximate surface area is 115 Å². The molecule has 3 nitrogen and oxygen atoms in total. The van der Waals surface area contributed by atoms with Crippen LogP contribution in [-0.4, -0.2) is 24.2 Å². The summed E-state index contributed by atoms with van der Waals surface area (Å²) in [6.07, 6.45) is 1.72. The quantitative estimate of drug-likeness (QED) is 0.886. The number of rotatable bonds is 5. The van der Waals surface area contributed by atoms with Gasteiger partial charge in [0.2, 0.25) is 0 Å². The summed E-state index contributed by atoms with van der Waals surface area (Å²) < 4.78 is 0. The minimum absolute atomic E-state index is 0.321. The van der Waals surface area contributed by atoms with E-state index in [1.54, 1.807) is 6.92 Å². The van der Waals surface area contributed by atoms with Crippen molar-refractivity contribution in [3.63, 3.8) is 0 Å². The molecule has 1 aliphatic heterocycles. The normalized spacial score (nSPS) is 15.7. The van der Waals surface area contributed by atoms with Gasteiger partial charge >= 0.3 is 5.97 Å². The third-order valence-electron chi connectivity index (χ3n) is 3.69. The lowest BCUT2D eigenvalue weighted by Crippen LogP contribution is -2.25. The molecule has 2 rings (SSSR count). The second-order valence-corrected chi connectivity index (χ2v) is 6.00. The molecule has 1 heterocycles. The molecule has 0 aromatic heterocycles. The largest absolute Gasteiger partial charge is 0.481 e. The van der Waals surface area contributed by atoms with Gasteiger partial charge in [0.25, 0.3) is 0 Å². The van der Waals surface area contributed by atoms with Crippen molar-refractivity contribution in [1.29, 1.82) is 0 Å². The van der Waals surface area contributed by atoms with E-state index in [1.165, 1.54) is 11.3 Å². The molecule has 1 aromatic rings. The van der Waals surface area contributed by atoms with Crippen molar-refractivity contribution in [3.05, 3.63) is 29.3 Å². The minimum atomic E-state index is -0.723. The number of aliphatic carboxylic acids is 1. The predicted octanol–water partition coefficient (Wildman–Crippen LogP) is 2.97. The summed E-state index contributed by atoms with van der Waals surface area (Å²) in [6.45, 7) is 8.39. The zero-order valence-corrected chi connectivity index (χ0v) is 12.0. The van der Waals surface area contributed by atoms with Crippen LogP contribution in [0.4, 0.5) is 5.69 Å². The number of carboxylic acid groups (broad SMARTS) is 1. The number of carboxylic acids is 1. The van der Waals surface area contributed by atoms with Gasteiger partial charge in [-0.3, -0.25) is 4.79 Å². The maximum atomic E-state index is 10.9. The lowest BCUT2D eigenvalue weighted by atomic mass is 9.99. The summed E-state index contributed by atoms with van der Waals surface area (Å²) in [5, 5.41) is 9.00. The minimum Gasteiger partial charge on any atom is -0.481 e. The van der Waals surface area contributed by atoms with Gasteiger partial charge in [-0.25, -0.2) is 0 Å². The number of nitrogens with zero attached hydrogens (tertiary/aromatic N) is 1. The highest BCUT2D eigenvalue weighted by Crippen LogP contribution is 2.30. The fraction of sp³-hybridized carbons (Fsp3) is 0.562. The molecule has 0 spiro atoms. The monoisotopic (exact) mass is 261 g/mol. The first kappa shape index (κ1) is 13.9. The van der Waals surface area contributed by atoms with Crippen LogP contribution in [0.5, 0.6) is 0 Å². The van der Waals surface area contributed by atoms with Crippen LogP contribution in [0.25, 0.3) is 0 Å². The van der Waals surface area contributed by atoms with Gasteiger partial charge in [0.05, 0.1) is 5.92 Å². The van der Waals surface area contributed by atoms with Crippen LogP contribution in [0.3, 0.4) is 0 Å². The van der Waals surface area contributed by atoms with Crippen molar-refractivity contribution in [3.8, 4) is 0 Å². The summed E-state index contributed by atoms with van der Waals surface area (Å²) in [7, 11) is 0. The van der Waals surface area contributed by atoms with Gasteiger partial charge < -0.3 is 10.0 Å². The summed E-state index contributed by atoms with van der Waals surface area (Å²) in [5.74, 6) is -0.398. The van der Waals surface area contributed by atoms with Gasteiger partial charge in [0.15, 0.2) is 0 Å². The fourth-order valence-electron chi connectivity index (χ4n) is 2.69. The maximum Gasteiger partial charge on any atom is 0.306 e. The molecule has 0 radical (unpaired) electrons. The summed E-state index contributed by atoms with van der Waals surface area (Å²) in [4.78, 5) is 13.4. The van der Waals surface area contributed by atoms with Crippen LogP contribution in [0.15, 0.2) is 18.2 Å². The lowest BCUT2D eigenvalue weighted by molar-refractivity contribution is -0.141. The number of hydrogen-bond donors (Lipinski definition) is 1. The van der Waals surface area contributed by atoms with Crippen molar-refractivity contribution in [2.75, 3.05) is 18.0 Å². The molecular weight excluding hydrogens is 238 g/mol. The molecule has 0 bridgehead atoms. The van der Waals surface area contributed by atoms with Gasteiger partial charge in [-0.05, 0) is 36.0 Å². The molecule has 1 aromatic carbocycles. The van der Waals surface area contributed by atoms with E-state index >= 15 is 0 Å². The van der Waals surface area contributed by atoms with Crippen molar-refractivity contribution in [2.45, 2.75) is 33.6 Å². The highest BCUT2D eigenvalue weighted by Gasteiger charge is 2.20. The van der Waals surface area contributed by atoms with E-state index in [9.17, 15) is 4.79 Å². The van der Waals surface area contributed by atoms with Gasteiger partial charge in [0, 0.05) is 18.8 Å². The smallest absolute Gasteiger partial charge is 0.306 e. The van der Waals surface area contributed by atoms with Crippen molar-refractivity contribution < 1.29 is 9.90 Å². The number of fused-ring (bicyclic) bond motifs is 1. The predicted molar refractivity (Wildman–Crippen MR) is 77.7 cm³/mol. The van der Waals surface area contributed by atoms with Crippen molar-refractivity contribution in [1.82, 2.24) is 0 Å². The van der Waals surface area contributed by atoms with Crippen LogP contribution in [-0.2, 0) is 17.6 Å². The molecular formula is C16H23NO2. The Morgan fingerprint density at radius 1 is 1.37 bits per heavy atom. The topological polar surface area (TPSA) is 40.5 Å². The van der Waals surface area contributed by atoms with E-state index in [0.717, 1.165) is 25.1 Å². The number of hydrogen-bond acceptors (Lipinski definition) is 2. The van der Waals surface area contributed by atoms with Crippen LogP contribution in [0.2, 0.25) is 0 Å². The van der Waals surface area contributed by atoms with Crippen LogP contribution < -0.4 is 4.90 Å². The average molecular weight is 261 g/mol. The molecule has 104 valence electrons. The Hall–Kier alpha value is -1.51. The Morgan fingerprint density at radius 2 is 2.11 bits per heavy atom. The number of anilines is 1. The van der Waals surface area contributed by atoms with E-state index in [4.69, 9.17) is 5.11 Å². The van der Waals surface area contributed by atoms with Gasteiger partial charge in [-0.15, -0.1) is 0 Å². The molecule has 3 heteroatoms. The van der Waals surface area contributed by atoms with Crippen molar-refractivity contribution in [2.24, 2.45) is 11.8 Å². The van der Waals surface area contributed by atoms with E-state index in [-0.39, 0.29) is 5.92 Å². The zero-order chi connectivity index (χ0) is 14.0. The second kappa shape index (κ2) is 5.64. The van der Waals surface area contributed by atoms with E-state index in [2.05, 4.69) is 36.9 Å². The summed E-state index contributed by atoms with van der Waals surface area (Å²) >= 11 is 0. The van der Waals surface area contributed by atoms with Gasteiger partial charge in [-0.2, -0.15) is 0 Å². The summed E-state index contributed by atoms with van der Waals surface area (Å²) in [5.41, 5.74) is 3.83. The van der Waals surface area contributed by atoms with E-state index in [1.807, 2.05) is 0 Å². The summed E-state index contributed by atoms with van der Waals surface area (Å²) in [6, 6.07) is 6.43. The standard InChI is InChI=1S/C16H23NO2/c1-11(2)10-17-7-6-14-5-4-13(9-15(14)17)8-12(3)16(18)19/h4-5,9,11-12H,6-8,10H2,1-3H3,(H,18,19). The van der Waals surface area contributed by atoms with Crippen LogP contribution in [0, 0.1) is 11.8 Å². The zero-order valence-electron chi connectivity index (χ0n) is 12.0. The molecule has 0 fully saturated rings. The molecule has 1 aliphatic rings. The molecule has 1 unspecified atom stereocenters. The average Bonchev–Trinajstić information content (AvgIpc) is 2.71. The Kier molecular flexibility index (Phi) is 4.13. The molecule has 0 saturated heterocycles. The third-order valence-corrected chi connectivity index (χ3v) is 3.69. The SMILES string of the molecule is CC(C)CN1CCc2ccc(CC(C)C(=O)O)cc21. The van der Waals surface area contributed by atoms with Crippen LogP contribution in [0.1, 0.15) is 31.9 Å². The number of carbonyl (C=O) groups is 1. The number of benzene rings is 1. The first-order valence-electron chi connectivity index (χ1n) is 7.07. The second-order valence-electron chi connectivity index (χ2n) is 6.00. The molecule has 1 N–H and O–H groups in total. The molecule has 19 heavy (non-hydrogen) atoms. The van der Waals surface area contributed by atoms with Crippen LogP contribution >= 0.6 is 0 Å². The highest BCUT2D eigenvalue weighted by molar-refractivity contribution is 5.70. The Bertz CT molecular complexity index is 468. The first-order valence-corrected chi connectivity index (χ1v) is 7.07. The Morgan fingerprint density at radius 3 is 2.74 bits per heavy atom.